The zero-order valence-electron chi connectivity index (χ0n) is 11.9. The van der Waals surface area contributed by atoms with E-state index in [1.54, 1.807) is 0 Å². The SMILES string of the molecule is C[C@@H](OC(=O)NC(=O)C(F)(F)F)[C@@H](C)OC(=O)NC(=O)C(F)(F)F. The Hall–Kier alpha value is -2.54. The highest BCUT2D eigenvalue weighted by molar-refractivity contribution is 5.95. The van der Waals surface area contributed by atoms with E-state index in [4.69, 9.17) is 0 Å². The van der Waals surface area contributed by atoms with Crippen molar-refractivity contribution in [1.29, 1.82) is 0 Å². The zero-order chi connectivity index (χ0) is 19.3. The molecule has 0 rings (SSSR count). The molecule has 0 unspecified atom stereocenters. The number of alkyl carbamates (subject to hydrolysis) is 2. The summed E-state index contributed by atoms with van der Waals surface area (Å²) in [6.45, 7) is 2.00. The normalized spacial score (nSPS) is 14.2. The van der Waals surface area contributed by atoms with Crippen molar-refractivity contribution >= 4 is 24.0 Å². The summed E-state index contributed by atoms with van der Waals surface area (Å²) >= 11 is 0. The maximum atomic E-state index is 11.9. The van der Waals surface area contributed by atoms with Crippen LogP contribution in [0.3, 0.4) is 0 Å². The van der Waals surface area contributed by atoms with E-state index >= 15 is 0 Å². The lowest BCUT2D eigenvalue weighted by Crippen LogP contribution is -2.45. The van der Waals surface area contributed by atoms with Gasteiger partial charge in [0.2, 0.25) is 0 Å². The number of hydrogen-bond acceptors (Lipinski definition) is 6. The van der Waals surface area contributed by atoms with Gasteiger partial charge in [0.25, 0.3) is 0 Å². The van der Waals surface area contributed by atoms with Gasteiger partial charge in [0.15, 0.2) is 0 Å². The van der Waals surface area contributed by atoms with E-state index in [0.29, 0.717) is 0 Å². The second kappa shape index (κ2) is 7.83. The van der Waals surface area contributed by atoms with Crippen LogP contribution in [-0.2, 0) is 19.1 Å². The number of amides is 4. The van der Waals surface area contributed by atoms with Crippen LogP contribution in [0.1, 0.15) is 13.8 Å². The predicted molar refractivity (Wildman–Crippen MR) is 60.3 cm³/mol. The highest BCUT2D eigenvalue weighted by atomic mass is 19.4. The Morgan fingerprint density at radius 2 is 0.958 bits per heavy atom. The quantitative estimate of drug-likeness (QED) is 0.729. The first-order valence-electron chi connectivity index (χ1n) is 5.82. The molecule has 2 atom stereocenters. The van der Waals surface area contributed by atoms with Gasteiger partial charge in [-0.25, -0.2) is 9.59 Å². The molecule has 0 aromatic rings. The van der Waals surface area contributed by atoms with Crippen molar-refractivity contribution in [1.82, 2.24) is 10.6 Å². The van der Waals surface area contributed by atoms with E-state index in [0.717, 1.165) is 24.5 Å². The van der Waals surface area contributed by atoms with E-state index < -0.39 is 48.6 Å². The molecule has 0 bridgehead atoms. The number of alkyl halides is 6. The zero-order valence-corrected chi connectivity index (χ0v) is 11.9. The van der Waals surface area contributed by atoms with Gasteiger partial charge in [-0.2, -0.15) is 26.3 Å². The van der Waals surface area contributed by atoms with Crippen molar-refractivity contribution in [2.24, 2.45) is 0 Å². The number of nitrogens with one attached hydrogen (secondary N) is 2. The van der Waals surface area contributed by atoms with Crippen LogP contribution in [0.2, 0.25) is 0 Å². The van der Waals surface area contributed by atoms with Gasteiger partial charge in [-0.15, -0.1) is 0 Å². The second-order valence-electron chi connectivity index (χ2n) is 4.12. The number of carbonyl (C=O) groups is 4. The van der Waals surface area contributed by atoms with Crippen LogP contribution >= 0.6 is 0 Å². The molecule has 8 nitrogen and oxygen atoms in total. The van der Waals surface area contributed by atoms with Crippen LogP contribution in [0.25, 0.3) is 0 Å². The number of hydrogen-bond donors (Lipinski definition) is 2. The van der Waals surface area contributed by atoms with Gasteiger partial charge in [0, 0.05) is 0 Å². The summed E-state index contributed by atoms with van der Waals surface area (Å²) in [5.41, 5.74) is 0. The lowest BCUT2D eigenvalue weighted by Gasteiger charge is -2.20. The Balaban J connectivity index is 4.45. The van der Waals surface area contributed by atoms with Crippen molar-refractivity contribution in [2.45, 2.75) is 38.4 Å². The van der Waals surface area contributed by atoms with E-state index in [1.165, 1.54) is 0 Å². The Bertz CT molecular complexity index is 471. The van der Waals surface area contributed by atoms with E-state index in [1.807, 2.05) is 0 Å². The largest absolute Gasteiger partial charge is 0.471 e. The molecule has 0 saturated heterocycles. The van der Waals surface area contributed by atoms with Crippen LogP contribution in [0, 0.1) is 0 Å². The fourth-order valence-corrected chi connectivity index (χ4v) is 0.915. The van der Waals surface area contributed by atoms with Gasteiger partial charge in [0.05, 0.1) is 0 Å². The van der Waals surface area contributed by atoms with Crippen molar-refractivity contribution in [2.75, 3.05) is 0 Å². The molecule has 0 aromatic heterocycles. The van der Waals surface area contributed by atoms with Crippen LogP contribution in [-0.4, -0.2) is 48.6 Å². The number of ether oxygens (including phenoxy) is 2. The summed E-state index contributed by atoms with van der Waals surface area (Å²) in [5.74, 6) is -5.22. The highest BCUT2D eigenvalue weighted by Gasteiger charge is 2.41. The summed E-state index contributed by atoms with van der Waals surface area (Å²) in [7, 11) is 0. The average molecular weight is 368 g/mol. The summed E-state index contributed by atoms with van der Waals surface area (Å²) in [5, 5.41) is 1.65. The first-order valence-corrected chi connectivity index (χ1v) is 5.82. The van der Waals surface area contributed by atoms with Crippen LogP contribution < -0.4 is 10.6 Å². The minimum atomic E-state index is -5.35. The molecule has 0 heterocycles. The first kappa shape index (κ1) is 21.5. The lowest BCUT2D eigenvalue weighted by molar-refractivity contribution is -0.173. The number of halogens is 6. The summed E-state index contributed by atoms with van der Waals surface area (Å²) in [4.78, 5) is 42.9. The Morgan fingerprint density at radius 3 is 1.17 bits per heavy atom. The van der Waals surface area contributed by atoms with E-state index in [-0.39, 0.29) is 0 Å². The molecule has 4 amide bonds. The molecule has 0 aromatic carbocycles. The minimum Gasteiger partial charge on any atom is -0.442 e. The topological polar surface area (TPSA) is 111 Å². The van der Waals surface area contributed by atoms with Gasteiger partial charge in [0.1, 0.15) is 12.2 Å². The fourth-order valence-electron chi connectivity index (χ4n) is 0.915. The monoisotopic (exact) mass is 368 g/mol. The highest BCUT2D eigenvalue weighted by Crippen LogP contribution is 2.15. The minimum absolute atomic E-state index is 0.827. The Kier molecular flexibility index (Phi) is 7.00. The van der Waals surface area contributed by atoms with Gasteiger partial charge in [-0.3, -0.25) is 20.2 Å². The lowest BCUT2D eigenvalue weighted by atomic mass is 10.2. The van der Waals surface area contributed by atoms with Gasteiger partial charge in [-0.05, 0) is 13.8 Å². The third-order valence-corrected chi connectivity index (χ3v) is 2.19. The average Bonchev–Trinajstić information content (AvgIpc) is 2.35. The summed E-state index contributed by atoms with van der Waals surface area (Å²) in [6.07, 6.45) is -17.3. The third-order valence-electron chi connectivity index (χ3n) is 2.19. The number of carbonyl (C=O) groups excluding carboxylic acids is 4. The van der Waals surface area contributed by atoms with Gasteiger partial charge >= 0.3 is 36.4 Å². The van der Waals surface area contributed by atoms with Gasteiger partial charge in [-0.1, -0.05) is 0 Å². The first-order chi connectivity index (χ1) is 10.6. The molecule has 0 saturated carbocycles. The molecule has 0 fully saturated rings. The fraction of sp³-hybridized carbons (Fsp3) is 0.600. The molecule has 24 heavy (non-hydrogen) atoms. The second-order valence-corrected chi connectivity index (χ2v) is 4.12. The maximum Gasteiger partial charge on any atom is 0.471 e. The summed E-state index contributed by atoms with van der Waals surface area (Å²) < 4.78 is 79.8. The number of imide groups is 2. The maximum absolute atomic E-state index is 11.9. The van der Waals surface area contributed by atoms with Crippen LogP contribution in [0.5, 0.6) is 0 Å². The van der Waals surface area contributed by atoms with Crippen LogP contribution in [0.15, 0.2) is 0 Å². The van der Waals surface area contributed by atoms with E-state index in [9.17, 15) is 45.5 Å². The van der Waals surface area contributed by atoms with Gasteiger partial charge < -0.3 is 9.47 Å². The predicted octanol–water partition coefficient (Wildman–Crippen LogP) is 1.39. The molecule has 0 aliphatic carbocycles. The Labute approximate surface area is 129 Å². The molecule has 2 N–H and O–H groups in total. The molecule has 14 heteroatoms. The van der Waals surface area contributed by atoms with Crippen molar-refractivity contribution in [3.05, 3.63) is 0 Å². The molecular weight excluding hydrogens is 358 g/mol. The van der Waals surface area contributed by atoms with Crippen LogP contribution in [0.4, 0.5) is 35.9 Å². The van der Waals surface area contributed by atoms with Crippen molar-refractivity contribution < 1.29 is 55.0 Å². The van der Waals surface area contributed by atoms with Crippen molar-refractivity contribution in [3.63, 3.8) is 0 Å². The molecule has 138 valence electrons. The summed E-state index contributed by atoms with van der Waals surface area (Å²) in [6, 6.07) is 0. The molecule has 0 aliphatic heterocycles. The molecule has 0 radical (unpaired) electrons. The smallest absolute Gasteiger partial charge is 0.442 e. The standard InChI is InChI=1S/C10H10F6N2O6/c1-3(23-7(21)17-5(19)9(11,12)13)4(2)24-8(22)18-6(20)10(14,15)16/h3-4H,1-2H3,(H,17,19,21)(H,18,20,22)/t3-,4-/m1/s1. The van der Waals surface area contributed by atoms with E-state index in [2.05, 4.69) is 9.47 Å². The molecule has 0 aliphatic rings. The third kappa shape index (κ3) is 7.64. The molecule has 0 spiro atoms. The molecular formula is C10H10F6N2O6. The Morgan fingerprint density at radius 1 is 0.708 bits per heavy atom. The number of rotatable bonds is 3. The van der Waals surface area contributed by atoms with Crippen molar-refractivity contribution in [3.8, 4) is 0 Å².